The Morgan fingerprint density at radius 2 is 2.00 bits per heavy atom. The van der Waals surface area contributed by atoms with Gasteiger partial charge in [-0.3, -0.25) is 10.1 Å². The summed E-state index contributed by atoms with van der Waals surface area (Å²) < 4.78 is 5.60. The zero-order chi connectivity index (χ0) is 17.0. The van der Waals surface area contributed by atoms with Crippen molar-refractivity contribution in [1.29, 1.82) is 0 Å². The van der Waals surface area contributed by atoms with Crippen molar-refractivity contribution in [2.75, 3.05) is 0 Å². The Bertz CT molecular complexity index is 776. The molecule has 9 heteroatoms. The highest BCUT2D eigenvalue weighted by molar-refractivity contribution is 6.00. The number of hydrogen-bond acceptors (Lipinski definition) is 7. The molecule has 2 rings (SSSR count). The molecule has 120 valence electrons. The number of rotatable bonds is 5. The monoisotopic (exact) mass is 317 g/mol. The van der Waals surface area contributed by atoms with E-state index in [0.29, 0.717) is 0 Å². The van der Waals surface area contributed by atoms with Gasteiger partial charge in [-0.05, 0) is 30.7 Å². The lowest BCUT2D eigenvalue weighted by atomic mass is 10.1. The van der Waals surface area contributed by atoms with Crippen LogP contribution in [0.3, 0.4) is 0 Å². The van der Waals surface area contributed by atoms with Crippen molar-refractivity contribution in [2.24, 2.45) is 16.7 Å². The van der Waals surface area contributed by atoms with Gasteiger partial charge in [-0.2, -0.15) is 0 Å². The molecule has 0 heterocycles. The van der Waals surface area contributed by atoms with Crippen LogP contribution in [0.25, 0.3) is 0 Å². The molecule has 0 aromatic heterocycles. The topological polar surface area (TPSA) is 149 Å². The predicted molar refractivity (Wildman–Crippen MR) is 84.1 cm³/mol. The van der Waals surface area contributed by atoms with E-state index in [1.165, 1.54) is 24.3 Å². The molecule has 0 radical (unpaired) electrons. The fraction of sp³-hybridized carbons (Fsp3) is 0.0714. The van der Waals surface area contributed by atoms with Crippen LogP contribution in [0.4, 0.5) is 5.69 Å². The first-order chi connectivity index (χ1) is 10.9. The quantitative estimate of drug-likeness (QED) is 0.214. The van der Waals surface area contributed by atoms with Crippen LogP contribution in [0.5, 0.6) is 17.2 Å². The third-order valence-electron chi connectivity index (χ3n) is 2.97. The first-order valence-corrected chi connectivity index (χ1v) is 6.47. The summed E-state index contributed by atoms with van der Waals surface area (Å²) in [5.41, 5.74) is 8.58. The molecule has 0 saturated heterocycles. The lowest BCUT2D eigenvalue weighted by Gasteiger charge is -2.12. The number of ether oxygens (including phenoxy) is 1. The predicted octanol–water partition coefficient (Wildman–Crippen LogP) is 1.48. The summed E-state index contributed by atoms with van der Waals surface area (Å²) in [4.78, 5) is 10.3. The first kappa shape index (κ1) is 16.0. The van der Waals surface area contributed by atoms with E-state index >= 15 is 0 Å². The van der Waals surface area contributed by atoms with E-state index in [-0.39, 0.29) is 34.3 Å². The van der Waals surface area contributed by atoms with Crippen molar-refractivity contribution in [2.45, 2.75) is 6.92 Å². The van der Waals surface area contributed by atoms with E-state index < -0.39 is 4.92 Å². The van der Waals surface area contributed by atoms with Gasteiger partial charge in [-0.15, -0.1) is 5.10 Å². The Labute approximate surface area is 131 Å². The number of non-ortho nitro benzene ring substituents is 1. The van der Waals surface area contributed by atoms with Crippen LogP contribution in [0.15, 0.2) is 41.5 Å². The third-order valence-corrected chi connectivity index (χ3v) is 2.97. The fourth-order valence-electron chi connectivity index (χ4n) is 1.88. The van der Waals surface area contributed by atoms with E-state index in [1.54, 1.807) is 12.1 Å². The van der Waals surface area contributed by atoms with Crippen LogP contribution in [0.1, 0.15) is 11.1 Å². The number of phenols is 1. The van der Waals surface area contributed by atoms with Gasteiger partial charge in [0.25, 0.3) is 5.69 Å². The van der Waals surface area contributed by atoms with Crippen molar-refractivity contribution in [1.82, 2.24) is 5.53 Å². The minimum atomic E-state index is -0.570. The second-order valence-corrected chi connectivity index (χ2v) is 4.64. The molecule has 6 N–H and O–H groups in total. The summed E-state index contributed by atoms with van der Waals surface area (Å²) in [5, 5.41) is 24.4. The zero-order valence-electron chi connectivity index (χ0n) is 12.2. The molecule has 0 fully saturated rings. The number of aromatic hydroxyl groups is 1. The number of amidine groups is 1. The van der Waals surface area contributed by atoms with Gasteiger partial charge < -0.3 is 15.6 Å². The van der Waals surface area contributed by atoms with Gasteiger partial charge in [0.15, 0.2) is 17.3 Å². The smallest absolute Gasteiger partial charge is 0.270 e. The standard InChI is InChI=1S/C14H15N5O4/c1-8-2-4-13(11(20)6-8)23-12-5-3-9(19(21)22)7-10(12)14(15)17-18-16/h2-7,18,20H,16H2,1H3,(H2,15,17). The number of nitro benzene ring substituents is 1. The first-order valence-electron chi connectivity index (χ1n) is 6.47. The van der Waals surface area contributed by atoms with Gasteiger partial charge in [0.2, 0.25) is 0 Å². The number of hydrogen-bond donors (Lipinski definition) is 4. The zero-order valence-corrected chi connectivity index (χ0v) is 12.2. The Morgan fingerprint density at radius 1 is 1.30 bits per heavy atom. The number of hydrazine groups is 1. The van der Waals surface area contributed by atoms with Crippen LogP contribution in [0.2, 0.25) is 0 Å². The number of aryl methyl sites for hydroxylation is 1. The van der Waals surface area contributed by atoms with Crippen molar-refractivity contribution < 1.29 is 14.8 Å². The van der Waals surface area contributed by atoms with E-state index in [4.69, 9.17) is 16.3 Å². The second kappa shape index (κ2) is 6.62. The maximum absolute atomic E-state index is 10.9. The summed E-state index contributed by atoms with van der Waals surface area (Å²) in [6.07, 6.45) is 0. The van der Waals surface area contributed by atoms with Gasteiger partial charge in [0, 0.05) is 12.1 Å². The van der Waals surface area contributed by atoms with Gasteiger partial charge >= 0.3 is 0 Å². The molecule has 0 bridgehead atoms. The highest BCUT2D eigenvalue weighted by atomic mass is 16.6. The number of phenolic OH excluding ortho intramolecular Hbond substituents is 1. The maximum Gasteiger partial charge on any atom is 0.270 e. The number of nitrogens with one attached hydrogen (secondary N) is 1. The van der Waals surface area contributed by atoms with Crippen LogP contribution < -0.4 is 21.8 Å². The van der Waals surface area contributed by atoms with Gasteiger partial charge in [-0.1, -0.05) is 6.07 Å². The van der Waals surface area contributed by atoms with Crippen LogP contribution >= 0.6 is 0 Å². The molecule has 0 atom stereocenters. The van der Waals surface area contributed by atoms with Crippen molar-refractivity contribution >= 4 is 11.5 Å². The number of nitro groups is 1. The van der Waals surface area contributed by atoms with Crippen LogP contribution in [0, 0.1) is 17.0 Å². The largest absolute Gasteiger partial charge is 0.504 e. The van der Waals surface area contributed by atoms with Crippen molar-refractivity contribution in [3.63, 3.8) is 0 Å². The minimum absolute atomic E-state index is 0.0678. The fourth-order valence-corrected chi connectivity index (χ4v) is 1.88. The highest BCUT2D eigenvalue weighted by Gasteiger charge is 2.16. The van der Waals surface area contributed by atoms with Crippen LogP contribution in [-0.2, 0) is 0 Å². The molecular weight excluding hydrogens is 302 g/mol. The summed E-state index contributed by atoms with van der Waals surface area (Å²) in [7, 11) is 0. The summed E-state index contributed by atoms with van der Waals surface area (Å²) in [6.45, 7) is 1.82. The molecule has 23 heavy (non-hydrogen) atoms. The Balaban J connectivity index is 2.48. The van der Waals surface area contributed by atoms with E-state index in [0.717, 1.165) is 5.56 Å². The average molecular weight is 317 g/mol. The molecule has 2 aromatic carbocycles. The number of benzene rings is 2. The highest BCUT2D eigenvalue weighted by Crippen LogP contribution is 2.34. The molecule has 0 unspecified atom stereocenters. The molecule has 9 nitrogen and oxygen atoms in total. The maximum atomic E-state index is 10.9. The van der Waals surface area contributed by atoms with Crippen molar-refractivity contribution in [3.05, 3.63) is 57.6 Å². The molecule has 0 spiro atoms. The Morgan fingerprint density at radius 3 is 2.61 bits per heavy atom. The molecule has 2 aromatic rings. The molecule has 0 aliphatic carbocycles. The molecule has 0 saturated carbocycles. The van der Waals surface area contributed by atoms with E-state index in [1.807, 2.05) is 12.5 Å². The number of hydrazone groups is 1. The summed E-state index contributed by atoms with van der Waals surface area (Å²) in [6, 6.07) is 8.68. The Kier molecular flexibility index (Phi) is 4.62. The Hall–Kier alpha value is -3.33. The molecular formula is C14H15N5O4. The normalized spacial score (nSPS) is 11.1. The molecule has 0 aliphatic rings. The van der Waals surface area contributed by atoms with Gasteiger partial charge in [0.1, 0.15) is 5.75 Å². The van der Waals surface area contributed by atoms with Gasteiger partial charge in [0.05, 0.1) is 10.5 Å². The lowest BCUT2D eigenvalue weighted by Crippen LogP contribution is -2.23. The molecule has 0 amide bonds. The minimum Gasteiger partial charge on any atom is -0.504 e. The summed E-state index contributed by atoms with van der Waals surface area (Å²) in [5.74, 6) is 5.27. The average Bonchev–Trinajstić information content (AvgIpc) is 2.50. The second-order valence-electron chi connectivity index (χ2n) is 4.64. The third kappa shape index (κ3) is 3.66. The van der Waals surface area contributed by atoms with Gasteiger partial charge in [-0.25, -0.2) is 11.4 Å². The summed E-state index contributed by atoms with van der Waals surface area (Å²) >= 11 is 0. The lowest BCUT2D eigenvalue weighted by molar-refractivity contribution is -0.384. The van der Waals surface area contributed by atoms with E-state index in [9.17, 15) is 15.2 Å². The number of nitrogens with zero attached hydrogens (tertiary/aromatic N) is 2. The molecule has 0 aliphatic heterocycles. The van der Waals surface area contributed by atoms with E-state index in [2.05, 4.69) is 5.10 Å². The SMILES string of the molecule is Cc1ccc(Oc2ccc([N+](=O)[O-])cc2/C(N)=N/NN)c(O)c1. The van der Waals surface area contributed by atoms with Crippen molar-refractivity contribution in [3.8, 4) is 17.2 Å². The van der Waals surface area contributed by atoms with Crippen LogP contribution in [-0.4, -0.2) is 15.9 Å². The number of nitrogens with two attached hydrogens (primary N) is 2.